The standard InChI is InChI=1S/C54H43N3/c1-53(2)42-21-12-14-25-48(42)57-49-31-27-35(33-45(49)54(3,4)44-23-15-22-43(53)52(44)57)34-26-30-47-41(32-34)40-29-28-39-38-20-11-13-24-46(38)55(36-16-7-5-8-17-36)50(39)51(40)56(47)37-18-9-6-10-19-37/h5-33,39,50H,1-4H3. The molecule has 8 aromatic rings. The van der Waals surface area contributed by atoms with Gasteiger partial charge in [0, 0.05) is 44.8 Å². The van der Waals surface area contributed by atoms with Crippen LogP contribution in [0.2, 0.25) is 0 Å². The van der Waals surface area contributed by atoms with Gasteiger partial charge in [-0.05, 0) is 99.6 Å². The van der Waals surface area contributed by atoms with Crippen LogP contribution >= 0.6 is 0 Å². The Kier molecular flexibility index (Phi) is 6.58. The van der Waals surface area contributed by atoms with Gasteiger partial charge in [0.25, 0.3) is 0 Å². The summed E-state index contributed by atoms with van der Waals surface area (Å²) >= 11 is 0. The van der Waals surface area contributed by atoms with E-state index in [1.54, 1.807) is 0 Å². The molecule has 3 nitrogen and oxygen atoms in total. The van der Waals surface area contributed by atoms with Gasteiger partial charge in [-0.15, -0.1) is 0 Å². The average molecular weight is 734 g/mol. The van der Waals surface area contributed by atoms with Gasteiger partial charge in [0.15, 0.2) is 0 Å². The third-order valence-electron chi connectivity index (χ3n) is 13.7. The molecule has 0 bridgehead atoms. The lowest BCUT2D eigenvalue weighted by molar-refractivity contribution is 0.597. The second-order valence-corrected chi connectivity index (χ2v) is 17.3. The van der Waals surface area contributed by atoms with Gasteiger partial charge >= 0.3 is 0 Å². The van der Waals surface area contributed by atoms with Gasteiger partial charge in [0.2, 0.25) is 0 Å². The molecule has 0 spiro atoms. The highest BCUT2D eigenvalue weighted by Gasteiger charge is 2.46. The molecule has 2 unspecified atom stereocenters. The molecule has 12 rings (SSSR count). The zero-order valence-corrected chi connectivity index (χ0v) is 32.7. The van der Waals surface area contributed by atoms with E-state index in [1.165, 1.54) is 95.2 Å². The zero-order valence-electron chi connectivity index (χ0n) is 32.7. The molecular formula is C54H43N3. The van der Waals surface area contributed by atoms with Gasteiger partial charge in [0.05, 0.1) is 34.3 Å². The molecule has 3 aliphatic heterocycles. The molecule has 1 aliphatic carbocycles. The van der Waals surface area contributed by atoms with Crippen molar-refractivity contribution in [2.24, 2.45) is 0 Å². The molecule has 7 aromatic carbocycles. The summed E-state index contributed by atoms with van der Waals surface area (Å²) in [6.07, 6.45) is 4.87. The molecule has 0 fully saturated rings. The highest BCUT2D eigenvalue weighted by molar-refractivity contribution is 5.99. The number of hydrogen-bond acceptors (Lipinski definition) is 2. The zero-order chi connectivity index (χ0) is 38.2. The molecule has 0 radical (unpaired) electrons. The molecule has 274 valence electrons. The first-order valence-corrected chi connectivity index (χ1v) is 20.4. The second kappa shape index (κ2) is 11.5. The summed E-state index contributed by atoms with van der Waals surface area (Å²) in [4.78, 5) is 5.13. The minimum Gasteiger partial charge on any atom is -0.331 e. The van der Waals surface area contributed by atoms with Crippen molar-refractivity contribution in [1.29, 1.82) is 0 Å². The van der Waals surface area contributed by atoms with Crippen LogP contribution in [0, 0.1) is 0 Å². The Labute approximate surface area is 334 Å². The van der Waals surface area contributed by atoms with Crippen molar-refractivity contribution in [3.05, 3.63) is 209 Å². The molecular weight excluding hydrogens is 691 g/mol. The number of fused-ring (bicyclic) bond motifs is 11. The third-order valence-corrected chi connectivity index (χ3v) is 13.7. The van der Waals surface area contributed by atoms with Gasteiger partial charge in [-0.3, -0.25) is 0 Å². The topological polar surface area (TPSA) is 11.4 Å². The van der Waals surface area contributed by atoms with Crippen LogP contribution in [0.3, 0.4) is 0 Å². The normalized spacial score (nSPS) is 18.7. The van der Waals surface area contributed by atoms with E-state index in [0.29, 0.717) is 0 Å². The summed E-state index contributed by atoms with van der Waals surface area (Å²) in [7, 11) is 0. The van der Waals surface area contributed by atoms with Gasteiger partial charge in [0.1, 0.15) is 0 Å². The van der Waals surface area contributed by atoms with Crippen LogP contribution in [0.1, 0.15) is 78.7 Å². The van der Waals surface area contributed by atoms with Crippen molar-refractivity contribution >= 4 is 45.4 Å². The molecule has 0 amide bonds. The van der Waals surface area contributed by atoms with E-state index in [4.69, 9.17) is 0 Å². The summed E-state index contributed by atoms with van der Waals surface area (Å²) in [6.45, 7) is 9.58. The average Bonchev–Trinajstić information content (AvgIpc) is 3.77. The van der Waals surface area contributed by atoms with Gasteiger partial charge in [-0.1, -0.05) is 143 Å². The van der Waals surface area contributed by atoms with Crippen molar-refractivity contribution in [3.63, 3.8) is 0 Å². The van der Waals surface area contributed by atoms with Crippen LogP contribution in [0.4, 0.5) is 28.4 Å². The number of rotatable bonds is 3. The fraction of sp³-hybridized carbons (Fsp3) is 0.148. The quantitative estimate of drug-likeness (QED) is 0.179. The van der Waals surface area contributed by atoms with Gasteiger partial charge < -0.3 is 14.4 Å². The highest BCUT2D eigenvalue weighted by Crippen LogP contribution is 2.61. The Morgan fingerprint density at radius 2 is 1.09 bits per heavy atom. The number of aromatic nitrogens is 1. The van der Waals surface area contributed by atoms with Crippen LogP contribution in [0.5, 0.6) is 0 Å². The van der Waals surface area contributed by atoms with Crippen LogP contribution in [0.15, 0.2) is 170 Å². The predicted molar refractivity (Wildman–Crippen MR) is 237 cm³/mol. The van der Waals surface area contributed by atoms with E-state index in [1.807, 2.05) is 0 Å². The maximum Gasteiger partial charge on any atom is 0.0856 e. The van der Waals surface area contributed by atoms with E-state index in [-0.39, 0.29) is 22.8 Å². The van der Waals surface area contributed by atoms with Crippen LogP contribution in [0.25, 0.3) is 33.8 Å². The first kappa shape index (κ1) is 32.6. The molecule has 4 heterocycles. The van der Waals surface area contributed by atoms with Gasteiger partial charge in [-0.25, -0.2) is 0 Å². The fourth-order valence-corrected chi connectivity index (χ4v) is 11.0. The Hall–Kier alpha value is -6.58. The number of para-hydroxylation sites is 5. The van der Waals surface area contributed by atoms with Crippen LogP contribution < -0.4 is 9.80 Å². The van der Waals surface area contributed by atoms with Gasteiger partial charge in [-0.2, -0.15) is 0 Å². The Morgan fingerprint density at radius 3 is 1.86 bits per heavy atom. The van der Waals surface area contributed by atoms with E-state index < -0.39 is 0 Å². The SMILES string of the molecule is CC1(C)c2ccccc2N2c3ccc(-c4ccc5c(c4)c4c(n5-c5ccccc5)C5C(C=C4)c4ccccc4N5c4ccccc4)cc3C(C)(C)c3cccc1c32. The summed E-state index contributed by atoms with van der Waals surface area (Å²) in [6, 6.07) is 61.3. The molecule has 2 atom stereocenters. The first-order valence-electron chi connectivity index (χ1n) is 20.4. The van der Waals surface area contributed by atoms with Crippen molar-refractivity contribution in [2.45, 2.75) is 50.5 Å². The maximum atomic E-state index is 2.58. The van der Waals surface area contributed by atoms with Crippen molar-refractivity contribution < 1.29 is 0 Å². The lowest BCUT2D eigenvalue weighted by Gasteiger charge is -2.49. The number of benzene rings is 7. The van der Waals surface area contributed by atoms with Crippen molar-refractivity contribution in [2.75, 3.05) is 9.80 Å². The molecule has 0 N–H and O–H groups in total. The van der Waals surface area contributed by atoms with E-state index in [2.05, 4.69) is 218 Å². The molecule has 4 aliphatic rings. The monoisotopic (exact) mass is 733 g/mol. The Balaban J connectivity index is 1.06. The molecule has 0 saturated heterocycles. The maximum absolute atomic E-state index is 2.58. The highest BCUT2D eigenvalue weighted by atomic mass is 15.2. The molecule has 57 heavy (non-hydrogen) atoms. The number of hydrogen-bond donors (Lipinski definition) is 0. The summed E-state index contributed by atoms with van der Waals surface area (Å²) in [5, 5.41) is 1.28. The minimum absolute atomic E-state index is 0.0927. The summed E-state index contributed by atoms with van der Waals surface area (Å²) in [5.41, 5.74) is 20.6. The number of nitrogens with zero attached hydrogens (tertiary/aromatic N) is 3. The van der Waals surface area contributed by atoms with Crippen LogP contribution in [-0.4, -0.2) is 4.57 Å². The smallest absolute Gasteiger partial charge is 0.0856 e. The van der Waals surface area contributed by atoms with E-state index >= 15 is 0 Å². The second-order valence-electron chi connectivity index (χ2n) is 17.3. The molecule has 3 heteroatoms. The van der Waals surface area contributed by atoms with Crippen LogP contribution in [-0.2, 0) is 10.8 Å². The largest absolute Gasteiger partial charge is 0.331 e. The van der Waals surface area contributed by atoms with Crippen molar-refractivity contribution in [3.8, 4) is 16.8 Å². The molecule has 0 saturated carbocycles. The first-order chi connectivity index (χ1) is 27.8. The molecule has 1 aromatic heterocycles. The Bertz CT molecular complexity index is 2980. The predicted octanol–water partition coefficient (Wildman–Crippen LogP) is 14.0. The summed E-state index contributed by atoms with van der Waals surface area (Å²) in [5.74, 6) is 0.233. The van der Waals surface area contributed by atoms with E-state index in [0.717, 1.165) is 0 Å². The Morgan fingerprint density at radius 1 is 0.491 bits per heavy atom. The third kappa shape index (κ3) is 4.32. The van der Waals surface area contributed by atoms with Crippen molar-refractivity contribution in [1.82, 2.24) is 4.57 Å². The lowest BCUT2D eigenvalue weighted by atomic mass is 9.66. The summed E-state index contributed by atoms with van der Waals surface area (Å²) < 4.78 is 2.54. The minimum atomic E-state index is -0.189. The van der Waals surface area contributed by atoms with E-state index in [9.17, 15) is 0 Å². The fourth-order valence-electron chi connectivity index (χ4n) is 11.0. The number of anilines is 5. The lowest BCUT2D eigenvalue weighted by Crippen LogP contribution is -2.38.